The lowest BCUT2D eigenvalue weighted by molar-refractivity contribution is -0.645. The molecule has 0 amide bonds. The van der Waals surface area contributed by atoms with E-state index in [0.29, 0.717) is 11.3 Å². The summed E-state index contributed by atoms with van der Waals surface area (Å²) in [6.07, 6.45) is 1.92. The van der Waals surface area contributed by atoms with Crippen LogP contribution in [0, 0.1) is 17.1 Å². The van der Waals surface area contributed by atoms with Crippen molar-refractivity contribution < 1.29 is 13.7 Å². The van der Waals surface area contributed by atoms with Gasteiger partial charge in [-0.1, -0.05) is 18.2 Å². The van der Waals surface area contributed by atoms with E-state index in [0.717, 1.165) is 16.5 Å². The van der Waals surface area contributed by atoms with Crippen LogP contribution >= 0.6 is 0 Å². The van der Waals surface area contributed by atoms with Crippen molar-refractivity contribution in [3.63, 3.8) is 0 Å². The highest BCUT2D eigenvalue weighted by molar-refractivity contribution is 5.84. The summed E-state index contributed by atoms with van der Waals surface area (Å²) in [4.78, 5) is 0. The molecule has 0 spiro atoms. The van der Waals surface area contributed by atoms with Gasteiger partial charge in [0, 0.05) is 11.6 Å². The van der Waals surface area contributed by atoms with Gasteiger partial charge in [-0.05, 0) is 29.8 Å². The average Bonchev–Trinajstić information content (AvgIpc) is 2.60. The molecule has 0 aliphatic carbocycles. The number of aromatic nitrogens is 1. The number of nitriles is 1. The third-order valence-corrected chi connectivity index (χ3v) is 4.51. The van der Waals surface area contributed by atoms with Crippen molar-refractivity contribution in [2.75, 3.05) is 0 Å². The lowest BCUT2D eigenvalue weighted by Gasteiger charge is -2.26. The Morgan fingerprint density at radius 1 is 1.20 bits per heavy atom. The molecule has 0 unspecified atom stereocenters. The number of hydrogen-bond donors (Lipinski definition) is 1. The van der Waals surface area contributed by atoms with Gasteiger partial charge in [-0.3, -0.25) is 0 Å². The molecule has 5 heteroatoms. The van der Waals surface area contributed by atoms with E-state index in [-0.39, 0.29) is 17.3 Å². The van der Waals surface area contributed by atoms with E-state index in [4.69, 9.17) is 10.5 Å². The zero-order valence-corrected chi connectivity index (χ0v) is 13.5. The molecule has 2 heterocycles. The Kier molecular flexibility index (Phi) is 3.40. The van der Waals surface area contributed by atoms with Crippen LogP contribution < -0.4 is 15.0 Å². The van der Waals surface area contributed by atoms with Gasteiger partial charge in [0.15, 0.2) is 6.20 Å². The average molecular weight is 332 g/mol. The first-order valence-electron chi connectivity index (χ1n) is 7.84. The molecular formula is C20H15FN3O+. The molecule has 25 heavy (non-hydrogen) atoms. The summed E-state index contributed by atoms with van der Waals surface area (Å²) in [5, 5.41) is 10.6. The third-order valence-electron chi connectivity index (χ3n) is 4.51. The molecule has 2 N–H and O–H groups in total. The van der Waals surface area contributed by atoms with Gasteiger partial charge in [-0.15, -0.1) is 0 Å². The molecule has 4 nitrogen and oxygen atoms in total. The van der Waals surface area contributed by atoms with E-state index < -0.39 is 5.92 Å². The number of ether oxygens (including phenoxy) is 1. The van der Waals surface area contributed by atoms with Crippen LogP contribution in [0.15, 0.2) is 66.2 Å². The van der Waals surface area contributed by atoms with Gasteiger partial charge >= 0.3 is 0 Å². The number of benzene rings is 2. The van der Waals surface area contributed by atoms with Gasteiger partial charge in [0.1, 0.15) is 24.5 Å². The van der Waals surface area contributed by atoms with Gasteiger partial charge in [0.25, 0.3) is 5.52 Å². The summed E-state index contributed by atoms with van der Waals surface area (Å²) in [6, 6.07) is 16.2. The number of hydrogen-bond acceptors (Lipinski definition) is 3. The Hall–Kier alpha value is -3.39. The van der Waals surface area contributed by atoms with Crippen LogP contribution in [0.1, 0.15) is 17.0 Å². The van der Waals surface area contributed by atoms with Crippen molar-refractivity contribution in [1.29, 1.82) is 5.26 Å². The first-order valence-corrected chi connectivity index (χ1v) is 7.84. The summed E-state index contributed by atoms with van der Waals surface area (Å²) < 4.78 is 21.6. The number of nitrogens with two attached hydrogens (primary N) is 1. The summed E-state index contributed by atoms with van der Waals surface area (Å²) in [5.41, 5.74) is 8.67. The zero-order chi connectivity index (χ0) is 17.6. The lowest BCUT2D eigenvalue weighted by atomic mass is 9.83. The first-order chi connectivity index (χ1) is 12.1. The lowest BCUT2D eigenvalue weighted by Crippen LogP contribution is -2.30. The highest BCUT2D eigenvalue weighted by Crippen LogP contribution is 2.44. The molecule has 2 aromatic carbocycles. The van der Waals surface area contributed by atoms with Crippen LogP contribution in [0.5, 0.6) is 5.75 Å². The molecular weight excluding hydrogens is 317 g/mol. The minimum Gasteiger partial charge on any atom is -0.433 e. The largest absolute Gasteiger partial charge is 0.433 e. The number of pyridine rings is 1. The summed E-state index contributed by atoms with van der Waals surface area (Å²) in [6.45, 7) is 0. The number of allylic oxidation sites excluding steroid dienone is 1. The smallest absolute Gasteiger partial charge is 0.255 e. The fourth-order valence-corrected chi connectivity index (χ4v) is 3.40. The third kappa shape index (κ3) is 2.31. The normalized spacial score (nSPS) is 16.3. The molecule has 122 valence electrons. The van der Waals surface area contributed by atoms with E-state index >= 15 is 0 Å². The number of rotatable bonds is 1. The van der Waals surface area contributed by atoms with Crippen molar-refractivity contribution in [2.24, 2.45) is 12.8 Å². The Bertz CT molecular complexity index is 1080. The number of nitrogens with zero attached hydrogens (tertiary/aromatic N) is 2. The molecule has 1 aliphatic rings. The van der Waals surface area contributed by atoms with E-state index in [1.165, 1.54) is 12.1 Å². The molecule has 3 aromatic rings. The second kappa shape index (κ2) is 5.60. The van der Waals surface area contributed by atoms with Crippen LogP contribution in [-0.4, -0.2) is 0 Å². The molecule has 0 bridgehead atoms. The van der Waals surface area contributed by atoms with Gasteiger partial charge in [0.05, 0.1) is 11.3 Å². The second-order valence-electron chi connectivity index (χ2n) is 6.02. The van der Waals surface area contributed by atoms with E-state index in [2.05, 4.69) is 6.07 Å². The number of fused-ring (bicyclic) bond motifs is 3. The highest BCUT2D eigenvalue weighted by Gasteiger charge is 2.34. The Balaban J connectivity index is 2.05. The van der Waals surface area contributed by atoms with E-state index in [1.54, 1.807) is 12.1 Å². The van der Waals surface area contributed by atoms with Gasteiger partial charge in [-0.2, -0.15) is 9.83 Å². The van der Waals surface area contributed by atoms with Crippen molar-refractivity contribution in [3.05, 3.63) is 83.1 Å². The molecule has 1 aliphatic heterocycles. The number of halogens is 1. The van der Waals surface area contributed by atoms with Crippen LogP contribution in [0.3, 0.4) is 0 Å². The van der Waals surface area contributed by atoms with Gasteiger partial charge in [-0.25, -0.2) is 4.39 Å². The summed E-state index contributed by atoms with van der Waals surface area (Å²) in [7, 11) is 1.92. The van der Waals surface area contributed by atoms with Gasteiger partial charge in [0.2, 0.25) is 11.6 Å². The predicted octanol–water partition coefficient (Wildman–Crippen LogP) is 3.02. The van der Waals surface area contributed by atoms with Crippen molar-refractivity contribution in [1.82, 2.24) is 0 Å². The second-order valence-corrected chi connectivity index (χ2v) is 6.02. The SMILES string of the molecule is C[n+]1cccc2ccc3c(c21)OC(N)=C(C#N)[C@H]3c1cccc(F)c1. The Morgan fingerprint density at radius 2 is 2.04 bits per heavy atom. The fourth-order valence-electron chi connectivity index (χ4n) is 3.40. The summed E-state index contributed by atoms with van der Waals surface area (Å²) >= 11 is 0. The predicted molar refractivity (Wildman–Crippen MR) is 90.8 cm³/mol. The van der Waals surface area contributed by atoms with Crippen LogP contribution in [0.25, 0.3) is 10.9 Å². The monoisotopic (exact) mass is 332 g/mol. The van der Waals surface area contributed by atoms with Crippen molar-refractivity contribution >= 4 is 10.9 Å². The minimum absolute atomic E-state index is 0.0561. The minimum atomic E-state index is -0.464. The van der Waals surface area contributed by atoms with Gasteiger partial charge < -0.3 is 10.5 Å². The fraction of sp³-hybridized carbons (Fsp3) is 0.100. The zero-order valence-electron chi connectivity index (χ0n) is 13.5. The molecule has 1 atom stereocenters. The molecule has 4 rings (SSSR count). The highest BCUT2D eigenvalue weighted by atomic mass is 19.1. The first kappa shape index (κ1) is 15.2. The number of aryl methyl sites for hydroxylation is 1. The molecule has 0 saturated heterocycles. The topological polar surface area (TPSA) is 62.9 Å². The summed E-state index contributed by atoms with van der Waals surface area (Å²) in [5.74, 6) is -0.159. The maximum Gasteiger partial charge on any atom is 0.255 e. The maximum atomic E-state index is 13.8. The molecule has 0 saturated carbocycles. The van der Waals surface area contributed by atoms with Crippen molar-refractivity contribution in [2.45, 2.75) is 5.92 Å². The Labute approximate surface area is 144 Å². The molecule has 1 aromatic heterocycles. The van der Waals surface area contributed by atoms with Crippen LogP contribution in [-0.2, 0) is 7.05 Å². The maximum absolute atomic E-state index is 13.8. The quantitative estimate of drug-likeness (QED) is 0.697. The molecule has 0 radical (unpaired) electrons. The standard InChI is InChI=1S/C20H15FN3O/c1-24-9-3-5-12-7-8-15-17(13-4-2-6-14(21)10-13)16(11-22)20(23)25-19(15)18(12)24/h2-10,17H,23H2,1H3/q+1/t17-/m0/s1. The van der Waals surface area contributed by atoms with E-state index in [1.807, 2.05) is 42.1 Å². The van der Waals surface area contributed by atoms with Crippen LogP contribution in [0.2, 0.25) is 0 Å². The van der Waals surface area contributed by atoms with Crippen molar-refractivity contribution in [3.8, 4) is 11.8 Å². The molecule has 0 fully saturated rings. The van der Waals surface area contributed by atoms with E-state index in [9.17, 15) is 9.65 Å². The van der Waals surface area contributed by atoms with Crippen LogP contribution in [0.4, 0.5) is 4.39 Å². The Morgan fingerprint density at radius 3 is 2.80 bits per heavy atom.